The lowest BCUT2D eigenvalue weighted by Gasteiger charge is -2.35. The number of thioether (sulfide) groups is 1. The summed E-state index contributed by atoms with van der Waals surface area (Å²) in [5.74, 6) is 4.73. The van der Waals surface area contributed by atoms with Gasteiger partial charge >= 0.3 is 0 Å². The number of anilines is 1. The van der Waals surface area contributed by atoms with Crippen LogP contribution in [0.4, 0.5) is 19.1 Å². The lowest BCUT2D eigenvalue weighted by molar-refractivity contribution is 0.353. The van der Waals surface area contributed by atoms with E-state index >= 15 is 8.78 Å². The highest BCUT2D eigenvalue weighted by molar-refractivity contribution is 8.13. The number of nitrogens with zero attached hydrogens (tertiary/aromatic N) is 6. The summed E-state index contributed by atoms with van der Waals surface area (Å²) in [4.78, 5) is 22.8. The number of aliphatic imine (C=N–C) groups is 1. The van der Waals surface area contributed by atoms with Gasteiger partial charge < -0.3 is 15.4 Å². The quantitative estimate of drug-likeness (QED) is 0.474. The lowest BCUT2D eigenvalue weighted by atomic mass is 9.81. The number of hydrogen-bond acceptors (Lipinski definition) is 9. The van der Waals surface area contributed by atoms with Crippen LogP contribution in [0.1, 0.15) is 23.7 Å². The van der Waals surface area contributed by atoms with Crippen molar-refractivity contribution in [2.75, 3.05) is 30.3 Å². The molecular formula is C26H22F3N7OS. The highest BCUT2D eigenvalue weighted by Crippen LogP contribution is 2.47. The summed E-state index contributed by atoms with van der Waals surface area (Å²) in [5, 5.41) is 0.331. The van der Waals surface area contributed by atoms with Crippen LogP contribution in [-0.4, -0.2) is 50.6 Å². The molecule has 1 saturated heterocycles. The van der Waals surface area contributed by atoms with Crippen LogP contribution < -0.4 is 15.4 Å². The summed E-state index contributed by atoms with van der Waals surface area (Å²) >= 11 is 1.39. The molecule has 0 spiro atoms. The van der Waals surface area contributed by atoms with E-state index in [4.69, 9.17) is 15.5 Å². The van der Waals surface area contributed by atoms with E-state index in [9.17, 15) is 4.39 Å². The first-order valence-electron chi connectivity index (χ1n) is 11.6. The maximum atomic E-state index is 15.4. The van der Waals surface area contributed by atoms with Gasteiger partial charge in [0.1, 0.15) is 17.1 Å². The molecule has 4 heterocycles. The van der Waals surface area contributed by atoms with Gasteiger partial charge in [-0.2, -0.15) is 0 Å². The molecule has 38 heavy (non-hydrogen) atoms. The van der Waals surface area contributed by atoms with Crippen LogP contribution in [0.15, 0.2) is 48.0 Å². The average Bonchev–Trinajstić information content (AvgIpc) is 3.30. The van der Waals surface area contributed by atoms with Crippen molar-refractivity contribution in [2.24, 2.45) is 16.6 Å². The molecular weight excluding hydrogens is 515 g/mol. The second-order valence-electron chi connectivity index (χ2n) is 8.65. The molecule has 5 rings (SSSR count). The molecule has 2 aliphatic heterocycles. The normalized spacial score (nSPS) is 20.8. The number of halogens is 3. The first-order valence-corrected chi connectivity index (χ1v) is 12.6. The van der Waals surface area contributed by atoms with Crippen LogP contribution in [-0.2, 0) is 5.54 Å². The average molecular weight is 538 g/mol. The van der Waals surface area contributed by atoms with Gasteiger partial charge in [0.2, 0.25) is 11.8 Å². The molecule has 1 aromatic carbocycles. The third-order valence-electron chi connectivity index (χ3n) is 6.27. The second kappa shape index (κ2) is 10.7. The smallest absolute Gasteiger partial charge is 0.233 e. The Balaban J connectivity index is 1.46. The van der Waals surface area contributed by atoms with Crippen molar-refractivity contribution >= 4 is 34.8 Å². The van der Waals surface area contributed by atoms with Crippen LogP contribution in [0, 0.1) is 29.4 Å². The van der Waals surface area contributed by atoms with Gasteiger partial charge in [0, 0.05) is 23.8 Å². The van der Waals surface area contributed by atoms with E-state index in [0.717, 1.165) is 12.4 Å². The Labute approximate surface area is 221 Å². The molecule has 0 radical (unpaired) electrons. The van der Waals surface area contributed by atoms with Crippen molar-refractivity contribution in [3.05, 3.63) is 71.4 Å². The highest BCUT2D eigenvalue weighted by Gasteiger charge is 2.52. The number of aromatic nitrogens is 4. The van der Waals surface area contributed by atoms with E-state index in [1.807, 2.05) is 4.90 Å². The summed E-state index contributed by atoms with van der Waals surface area (Å²) in [6.45, 7) is 2.54. The van der Waals surface area contributed by atoms with Crippen LogP contribution in [0.2, 0.25) is 0 Å². The topological polar surface area (TPSA) is 102 Å². The van der Waals surface area contributed by atoms with Crippen LogP contribution in [0.5, 0.6) is 5.88 Å². The lowest BCUT2D eigenvalue weighted by Crippen LogP contribution is -2.40. The fourth-order valence-corrected chi connectivity index (χ4v) is 5.48. The number of amidine groups is 1. The maximum Gasteiger partial charge on any atom is 0.233 e. The summed E-state index contributed by atoms with van der Waals surface area (Å²) in [7, 11) is 0. The SMILES string of the molecule is CC#CCOc1cnc(/C(F)=C/c2ccc(F)c([C@]34CN(c5ncc(F)cn5)C[C@H]3CSC(N)=N4)c2)cn1. The predicted octanol–water partition coefficient (Wildman–Crippen LogP) is 3.81. The van der Waals surface area contributed by atoms with Gasteiger partial charge in [-0.25, -0.2) is 38.1 Å². The third-order valence-corrected chi connectivity index (χ3v) is 7.23. The summed E-state index contributed by atoms with van der Waals surface area (Å²) in [6.07, 6.45) is 5.97. The van der Waals surface area contributed by atoms with E-state index in [2.05, 4.69) is 31.8 Å². The molecule has 0 bridgehead atoms. The van der Waals surface area contributed by atoms with Crippen molar-refractivity contribution in [3.8, 4) is 17.7 Å². The van der Waals surface area contributed by atoms with E-state index in [-0.39, 0.29) is 36.2 Å². The molecule has 194 valence electrons. The Morgan fingerprint density at radius 2 is 2.03 bits per heavy atom. The Morgan fingerprint density at radius 3 is 2.76 bits per heavy atom. The fraction of sp³-hybridized carbons (Fsp3) is 0.269. The van der Waals surface area contributed by atoms with Gasteiger partial charge in [-0.05, 0) is 30.7 Å². The number of fused-ring (bicyclic) bond motifs is 1. The summed E-state index contributed by atoms with van der Waals surface area (Å²) in [5.41, 5.74) is 5.75. The molecule has 2 N–H and O–H groups in total. The molecule has 3 aromatic rings. The number of rotatable bonds is 6. The van der Waals surface area contributed by atoms with Crippen molar-refractivity contribution in [1.29, 1.82) is 0 Å². The van der Waals surface area contributed by atoms with Crippen LogP contribution in [0.3, 0.4) is 0 Å². The summed E-state index contributed by atoms with van der Waals surface area (Å²) in [6, 6.07) is 4.32. The first kappa shape index (κ1) is 25.5. The Morgan fingerprint density at radius 1 is 1.21 bits per heavy atom. The maximum absolute atomic E-state index is 15.4. The zero-order valence-electron chi connectivity index (χ0n) is 20.2. The van der Waals surface area contributed by atoms with Crippen molar-refractivity contribution in [1.82, 2.24) is 19.9 Å². The third kappa shape index (κ3) is 5.15. The van der Waals surface area contributed by atoms with Crippen LogP contribution >= 0.6 is 11.8 Å². The molecule has 0 amide bonds. The Bertz CT molecular complexity index is 1450. The van der Waals surface area contributed by atoms with Gasteiger partial charge in [0.25, 0.3) is 0 Å². The number of hydrogen-bond donors (Lipinski definition) is 1. The summed E-state index contributed by atoms with van der Waals surface area (Å²) < 4.78 is 49.1. The van der Waals surface area contributed by atoms with E-state index in [0.29, 0.717) is 29.0 Å². The fourth-order valence-electron chi connectivity index (χ4n) is 4.50. The number of benzene rings is 1. The zero-order chi connectivity index (χ0) is 26.7. The van der Waals surface area contributed by atoms with Gasteiger partial charge in [0.05, 0.1) is 31.3 Å². The molecule has 2 aliphatic rings. The van der Waals surface area contributed by atoms with Crippen molar-refractivity contribution in [2.45, 2.75) is 12.5 Å². The molecule has 2 atom stereocenters. The molecule has 8 nitrogen and oxygen atoms in total. The number of nitrogens with two attached hydrogens (primary N) is 1. The molecule has 0 saturated carbocycles. The molecule has 0 aliphatic carbocycles. The Hall–Kier alpha value is -4.11. The predicted molar refractivity (Wildman–Crippen MR) is 140 cm³/mol. The minimum Gasteiger partial charge on any atom is -0.463 e. The first-order chi connectivity index (χ1) is 18.4. The van der Waals surface area contributed by atoms with Gasteiger partial charge in [-0.3, -0.25) is 0 Å². The van der Waals surface area contributed by atoms with Gasteiger partial charge in [-0.15, -0.1) is 5.92 Å². The Kier molecular flexibility index (Phi) is 7.20. The van der Waals surface area contributed by atoms with Gasteiger partial charge in [-0.1, -0.05) is 23.7 Å². The van der Waals surface area contributed by atoms with Crippen molar-refractivity contribution < 1.29 is 17.9 Å². The monoisotopic (exact) mass is 537 g/mol. The molecule has 12 heteroatoms. The minimum absolute atomic E-state index is 0.00216. The highest BCUT2D eigenvalue weighted by atomic mass is 32.2. The van der Waals surface area contributed by atoms with Crippen LogP contribution in [0.25, 0.3) is 11.9 Å². The second-order valence-corrected chi connectivity index (χ2v) is 9.69. The molecule has 2 aromatic heterocycles. The largest absolute Gasteiger partial charge is 0.463 e. The van der Waals surface area contributed by atoms with E-state index in [1.54, 1.807) is 13.0 Å². The van der Waals surface area contributed by atoms with E-state index in [1.165, 1.54) is 42.4 Å². The number of ether oxygens (including phenoxy) is 1. The standard InChI is InChI=1S/C26H22F3N7OS/c1-2-3-6-37-23-12-31-22(11-32-23)21(29)8-16-4-5-20(28)19(7-16)26-15-36(25-33-9-18(27)10-34-25)13-17(26)14-38-24(30)35-26/h4-5,7-12,17H,6,13-15H2,1H3,(H2,30,35)/b21-8-/t17-,26-/m0/s1. The molecule has 1 fully saturated rings. The minimum atomic E-state index is -1.04. The van der Waals surface area contributed by atoms with Crippen molar-refractivity contribution in [3.63, 3.8) is 0 Å². The zero-order valence-corrected chi connectivity index (χ0v) is 21.1. The van der Waals surface area contributed by atoms with E-state index < -0.39 is 23.0 Å². The molecule has 0 unspecified atom stereocenters. The van der Waals surface area contributed by atoms with Gasteiger partial charge in [0.15, 0.2) is 23.4 Å².